The number of rotatable bonds is 6. The zero-order chi connectivity index (χ0) is 22.1. The molecule has 0 unspecified atom stereocenters. The number of carbonyl (C=O) groups excluding carboxylic acids is 1. The van der Waals surface area contributed by atoms with Gasteiger partial charge in [0.25, 0.3) is 0 Å². The van der Waals surface area contributed by atoms with Crippen molar-refractivity contribution < 1.29 is 18.7 Å². The van der Waals surface area contributed by atoms with Gasteiger partial charge in [-0.3, -0.25) is 0 Å². The van der Waals surface area contributed by atoms with Crippen molar-refractivity contribution in [1.82, 2.24) is 15.5 Å². The molecular weight excluding hydrogens is 528 g/mol. The van der Waals surface area contributed by atoms with Gasteiger partial charge in [-0.1, -0.05) is 6.07 Å². The minimum Gasteiger partial charge on any atom is -0.450 e. The Hall–Kier alpha value is -1.82. The summed E-state index contributed by atoms with van der Waals surface area (Å²) in [4.78, 5) is 20.2. The molecule has 2 N–H and O–H groups in total. The predicted molar refractivity (Wildman–Crippen MR) is 134 cm³/mol. The Morgan fingerprint density at radius 3 is 2.56 bits per heavy atom. The number of carbonyl (C=O) groups is 1. The van der Waals surface area contributed by atoms with E-state index in [-0.39, 0.29) is 41.9 Å². The number of piperidine rings is 1. The van der Waals surface area contributed by atoms with Crippen molar-refractivity contribution >= 4 is 41.7 Å². The van der Waals surface area contributed by atoms with Crippen LogP contribution in [0.25, 0.3) is 0 Å². The maximum Gasteiger partial charge on any atom is 0.409 e. The van der Waals surface area contributed by atoms with Crippen LogP contribution in [0.2, 0.25) is 0 Å². The number of morpholine rings is 1. The summed E-state index contributed by atoms with van der Waals surface area (Å²) in [5.41, 5.74) is 1.44. The van der Waals surface area contributed by atoms with E-state index in [0.29, 0.717) is 64.2 Å². The summed E-state index contributed by atoms with van der Waals surface area (Å²) in [7, 11) is 0. The molecule has 0 radical (unpaired) electrons. The topological polar surface area (TPSA) is 78.4 Å². The van der Waals surface area contributed by atoms with Crippen molar-refractivity contribution in [1.29, 1.82) is 0 Å². The highest BCUT2D eigenvalue weighted by atomic mass is 127. The average molecular weight is 563 g/mol. The third-order valence-electron chi connectivity index (χ3n) is 5.49. The molecule has 2 fully saturated rings. The Bertz CT molecular complexity index is 753. The Morgan fingerprint density at radius 2 is 1.94 bits per heavy atom. The molecule has 180 valence electrons. The van der Waals surface area contributed by atoms with Crippen LogP contribution < -0.4 is 15.5 Å². The summed E-state index contributed by atoms with van der Waals surface area (Å²) < 4.78 is 25.0. The van der Waals surface area contributed by atoms with Gasteiger partial charge in [0.2, 0.25) is 0 Å². The SMILES string of the molecule is CCNC(=NCc1ccc(N2CCOCC2)c(F)c1)NC1CCN(C(=O)OCC)CC1.I. The summed E-state index contributed by atoms with van der Waals surface area (Å²) in [5.74, 6) is 0.480. The van der Waals surface area contributed by atoms with Gasteiger partial charge in [-0.05, 0) is 44.4 Å². The third kappa shape index (κ3) is 7.65. The first-order chi connectivity index (χ1) is 15.1. The number of nitrogens with one attached hydrogen (secondary N) is 2. The van der Waals surface area contributed by atoms with Gasteiger partial charge in [0.15, 0.2) is 5.96 Å². The van der Waals surface area contributed by atoms with Gasteiger partial charge < -0.3 is 29.9 Å². The summed E-state index contributed by atoms with van der Waals surface area (Å²) >= 11 is 0. The average Bonchev–Trinajstić information content (AvgIpc) is 2.79. The highest BCUT2D eigenvalue weighted by molar-refractivity contribution is 14.0. The standard InChI is InChI=1S/C22H34FN5O3.HI/c1-3-24-21(26-18-7-9-28(10-8-18)22(29)31-4-2)25-16-17-5-6-20(19(23)15-17)27-11-13-30-14-12-27;/h5-6,15,18H,3-4,7-14,16H2,1-2H3,(H2,24,25,26);1H. The molecule has 0 spiro atoms. The molecule has 2 heterocycles. The normalized spacial score (nSPS) is 17.5. The van der Waals surface area contributed by atoms with Crippen LogP contribution in [0.1, 0.15) is 32.3 Å². The van der Waals surface area contributed by atoms with Crippen molar-refractivity contribution in [3.05, 3.63) is 29.6 Å². The Balaban J connectivity index is 0.00000363. The number of halogens is 2. The van der Waals surface area contributed by atoms with E-state index in [1.165, 1.54) is 0 Å². The van der Waals surface area contributed by atoms with E-state index in [2.05, 4.69) is 15.6 Å². The Kier molecular flexibility index (Phi) is 11.3. The van der Waals surface area contributed by atoms with Gasteiger partial charge in [0.05, 0.1) is 32.1 Å². The zero-order valence-corrected chi connectivity index (χ0v) is 21.3. The number of ether oxygens (including phenoxy) is 2. The molecule has 8 nitrogen and oxygen atoms in total. The molecule has 10 heteroatoms. The van der Waals surface area contributed by atoms with E-state index in [0.717, 1.165) is 24.9 Å². The van der Waals surface area contributed by atoms with Crippen LogP contribution in [0.15, 0.2) is 23.2 Å². The van der Waals surface area contributed by atoms with Crippen molar-refractivity contribution in [3.8, 4) is 0 Å². The highest BCUT2D eigenvalue weighted by Crippen LogP contribution is 2.22. The van der Waals surface area contributed by atoms with Gasteiger partial charge >= 0.3 is 6.09 Å². The smallest absolute Gasteiger partial charge is 0.409 e. The fourth-order valence-corrected chi connectivity index (χ4v) is 3.81. The molecule has 0 atom stereocenters. The molecule has 0 saturated carbocycles. The largest absolute Gasteiger partial charge is 0.450 e. The minimum absolute atomic E-state index is 0. The van der Waals surface area contributed by atoms with E-state index < -0.39 is 0 Å². The van der Waals surface area contributed by atoms with Crippen molar-refractivity contribution in [2.45, 2.75) is 39.3 Å². The fourth-order valence-electron chi connectivity index (χ4n) is 3.81. The monoisotopic (exact) mass is 563 g/mol. The van der Waals surface area contributed by atoms with E-state index in [1.807, 2.05) is 30.9 Å². The molecular formula is C22H35FIN5O3. The van der Waals surface area contributed by atoms with Gasteiger partial charge in [-0.2, -0.15) is 0 Å². The van der Waals surface area contributed by atoms with Gasteiger partial charge in [-0.25, -0.2) is 14.2 Å². The van der Waals surface area contributed by atoms with Crippen molar-refractivity contribution in [3.63, 3.8) is 0 Å². The molecule has 1 amide bonds. The first kappa shape index (κ1) is 26.4. The predicted octanol–water partition coefficient (Wildman–Crippen LogP) is 2.96. The lowest BCUT2D eigenvalue weighted by atomic mass is 10.1. The number of likely N-dealkylation sites (tertiary alicyclic amines) is 1. The van der Waals surface area contributed by atoms with E-state index in [1.54, 1.807) is 11.0 Å². The van der Waals surface area contributed by atoms with E-state index in [9.17, 15) is 9.18 Å². The van der Waals surface area contributed by atoms with Crippen LogP contribution in [-0.2, 0) is 16.0 Å². The number of nitrogens with zero attached hydrogens (tertiary/aromatic N) is 3. The van der Waals surface area contributed by atoms with E-state index in [4.69, 9.17) is 9.47 Å². The fraction of sp³-hybridized carbons (Fsp3) is 0.636. The number of hydrogen-bond donors (Lipinski definition) is 2. The molecule has 32 heavy (non-hydrogen) atoms. The molecule has 2 saturated heterocycles. The van der Waals surface area contributed by atoms with Crippen LogP contribution in [0.3, 0.4) is 0 Å². The summed E-state index contributed by atoms with van der Waals surface area (Å²) in [6.45, 7) is 9.32. The number of guanidine groups is 1. The summed E-state index contributed by atoms with van der Waals surface area (Å²) in [6.07, 6.45) is 1.40. The lowest BCUT2D eigenvalue weighted by Gasteiger charge is -2.32. The second kappa shape index (κ2) is 13.7. The number of anilines is 1. The Morgan fingerprint density at radius 1 is 1.22 bits per heavy atom. The number of hydrogen-bond acceptors (Lipinski definition) is 5. The second-order valence-electron chi connectivity index (χ2n) is 7.68. The first-order valence-corrected chi connectivity index (χ1v) is 11.2. The molecule has 1 aromatic rings. The quantitative estimate of drug-likeness (QED) is 0.315. The number of benzene rings is 1. The first-order valence-electron chi connectivity index (χ1n) is 11.2. The van der Waals surface area contributed by atoms with Crippen LogP contribution in [0, 0.1) is 5.82 Å². The molecule has 3 rings (SSSR count). The molecule has 1 aromatic carbocycles. The maximum absolute atomic E-state index is 14.6. The second-order valence-corrected chi connectivity index (χ2v) is 7.68. The summed E-state index contributed by atoms with van der Waals surface area (Å²) in [5, 5.41) is 6.69. The number of aliphatic imine (C=N–C) groups is 1. The zero-order valence-electron chi connectivity index (χ0n) is 18.9. The molecule has 2 aliphatic rings. The van der Waals surface area contributed by atoms with Crippen LogP contribution in [0.4, 0.5) is 14.9 Å². The van der Waals surface area contributed by atoms with Crippen LogP contribution in [0.5, 0.6) is 0 Å². The van der Waals surface area contributed by atoms with Crippen LogP contribution in [-0.4, -0.2) is 75.5 Å². The molecule has 0 bridgehead atoms. The van der Waals surface area contributed by atoms with Gasteiger partial charge in [-0.15, -0.1) is 24.0 Å². The number of amides is 1. The van der Waals surface area contributed by atoms with Gasteiger partial charge in [0.1, 0.15) is 5.82 Å². The molecule has 0 aromatic heterocycles. The van der Waals surface area contributed by atoms with E-state index >= 15 is 0 Å². The van der Waals surface area contributed by atoms with Crippen molar-refractivity contribution in [2.24, 2.45) is 4.99 Å². The molecule has 2 aliphatic heterocycles. The minimum atomic E-state index is -0.246. The molecule has 0 aliphatic carbocycles. The van der Waals surface area contributed by atoms with Crippen LogP contribution >= 0.6 is 24.0 Å². The summed E-state index contributed by atoms with van der Waals surface area (Å²) in [6, 6.07) is 5.55. The third-order valence-corrected chi connectivity index (χ3v) is 5.49. The lowest BCUT2D eigenvalue weighted by Crippen LogP contribution is -2.49. The van der Waals surface area contributed by atoms with Crippen molar-refractivity contribution in [2.75, 3.05) is 57.4 Å². The lowest BCUT2D eigenvalue weighted by molar-refractivity contribution is 0.0963. The van der Waals surface area contributed by atoms with Gasteiger partial charge in [0, 0.05) is 38.8 Å². The maximum atomic E-state index is 14.6. The highest BCUT2D eigenvalue weighted by Gasteiger charge is 2.24. The Labute approximate surface area is 206 Å².